The van der Waals surface area contributed by atoms with Gasteiger partial charge in [-0.3, -0.25) is 0 Å². The molecule has 0 saturated heterocycles. The second-order valence-corrected chi connectivity index (χ2v) is 4.37. The van der Waals surface area contributed by atoms with Crippen molar-refractivity contribution in [2.45, 2.75) is 25.5 Å². The van der Waals surface area contributed by atoms with Gasteiger partial charge >= 0.3 is 0 Å². The van der Waals surface area contributed by atoms with E-state index in [9.17, 15) is 0 Å². The van der Waals surface area contributed by atoms with Crippen molar-refractivity contribution in [3.63, 3.8) is 0 Å². The van der Waals surface area contributed by atoms with Gasteiger partial charge in [0.2, 0.25) is 0 Å². The van der Waals surface area contributed by atoms with Gasteiger partial charge in [0.05, 0.1) is 24.5 Å². The van der Waals surface area contributed by atoms with Crippen LogP contribution in [0.1, 0.15) is 17.7 Å². The predicted molar refractivity (Wildman–Crippen MR) is 72.5 cm³/mol. The lowest BCUT2D eigenvalue weighted by Gasteiger charge is -2.07. The summed E-state index contributed by atoms with van der Waals surface area (Å²) >= 11 is 5.80. The van der Waals surface area contributed by atoms with E-state index in [-0.39, 0.29) is 0 Å². The number of halogens is 1. The van der Waals surface area contributed by atoms with Gasteiger partial charge in [0.1, 0.15) is 0 Å². The van der Waals surface area contributed by atoms with E-state index in [1.54, 1.807) is 6.20 Å². The second kappa shape index (κ2) is 7.19. The largest absolute Gasteiger partial charge is 0.377 e. The minimum Gasteiger partial charge on any atom is -0.377 e. The Kier molecular flexibility index (Phi) is 5.24. The molecule has 2 aromatic rings. The lowest BCUT2D eigenvalue weighted by molar-refractivity contribution is 0.115. The van der Waals surface area contributed by atoms with Crippen molar-refractivity contribution in [3.8, 4) is 0 Å². The summed E-state index contributed by atoms with van der Waals surface area (Å²) in [6.45, 7) is 2.32. The van der Waals surface area contributed by atoms with Gasteiger partial charge in [-0.05, 0) is 12.0 Å². The smallest absolute Gasteiger partial charge is 0.0948 e. The van der Waals surface area contributed by atoms with E-state index in [0.717, 1.165) is 25.3 Å². The number of benzene rings is 1. The van der Waals surface area contributed by atoms with Gasteiger partial charge in [0, 0.05) is 19.3 Å². The molecular formula is C14H17ClN2O. The number of rotatable bonds is 7. The summed E-state index contributed by atoms with van der Waals surface area (Å²) in [7, 11) is 0. The molecule has 96 valence electrons. The molecule has 1 heterocycles. The van der Waals surface area contributed by atoms with Crippen LogP contribution >= 0.6 is 11.6 Å². The Balaban J connectivity index is 1.65. The summed E-state index contributed by atoms with van der Waals surface area (Å²) in [6.07, 6.45) is 4.58. The normalized spacial score (nSPS) is 10.7. The van der Waals surface area contributed by atoms with Crippen molar-refractivity contribution >= 4 is 11.6 Å². The fraction of sp³-hybridized carbons (Fsp3) is 0.357. The summed E-state index contributed by atoms with van der Waals surface area (Å²) in [5, 5.41) is 0. The van der Waals surface area contributed by atoms with Crippen LogP contribution in [0, 0.1) is 0 Å². The third kappa shape index (κ3) is 3.86. The second-order valence-electron chi connectivity index (χ2n) is 4.10. The Morgan fingerprint density at radius 3 is 2.83 bits per heavy atom. The van der Waals surface area contributed by atoms with E-state index in [1.807, 2.05) is 24.5 Å². The Morgan fingerprint density at radius 2 is 2.06 bits per heavy atom. The van der Waals surface area contributed by atoms with Crippen LogP contribution in [0.5, 0.6) is 0 Å². The standard InChI is InChI=1S/C14H17ClN2O/c15-9-14-10-16-12-17(14)7-4-8-18-11-13-5-2-1-3-6-13/h1-3,5-6,10,12H,4,7-9,11H2. The monoisotopic (exact) mass is 264 g/mol. The number of aromatic nitrogens is 2. The molecule has 0 atom stereocenters. The molecule has 0 unspecified atom stereocenters. The SMILES string of the molecule is ClCc1cncn1CCCOCc1ccccc1. The molecule has 0 N–H and O–H groups in total. The Hall–Kier alpha value is -1.32. The van der Waals surface area contributed by atoms with E-state index >= 15 is 0 Å². The van der Waals surface area contributed by atoms with Crippen LogP contribution in [0.4, 0.5) is 0 Å². The molecule has 4 heteroatoms. The van der Waals surface area contributed by atoms with Crippen molar-refractivity contribution in [1.82, 2.24) is 9.55 Å². The molecule has 3 nitrogen and oxygen atoms in total. The Morgan fingerprint density at radius 1 is 1.22 bits per heavy atom. The molecular weight excluding hydrogens is 248 g/mol. The molecule has 0 amide bonds. The van der Waals surface area contributed by atoms with Crippen LogP contribution in [0.25, 0.3) is 0 Å². The summed E-state index contributed by atoms with van der Waals surface area (Å²) in [4.78, 5) is 4.08. The molecule has 0 spiro atoms. The number of ether oxygens (including phenoxy) is 1. The van der Waals surface area contributed by atoms with E-state index in [2.05, 4.69) is 21.7 Å². The van der Waals surface area contributed by atoms with Crippen LogP contribution in [0.2, 0.25) is 0 Å². The van der Waals surface area contributed by atoms with E-state index < -0.39 is 0 Å². The number of hydrogen-bond donors (Lipinski definition) is 0. The molecule has 0 aliphatic carbocycles. The highest BCUT2D eigenvalue weighted by Crippen LogP contribution is 2.05. The number of imidazole rings is 1. The molecule has 1 aromatic carbocycles. The van der Waals surface area contributed by atoms with Crippen LogP contribution in [-0.2, 0) is 23.8 Å². The number of alkyl halides is 1. The van der Waals surface area contributed by atoms with Crippen molar-refractivity contribution in [1.29, 1.82) is 0 Å². The number of hydrogen-bond acceptors (Lipinski definition) is 2. The molecule has 1 aromatic heterocycles. The summed E-state index contributed by atoms with van der Waals surface area (Å²) in [5.74, 6) is 0.505. The zero-order valence-electron chi connectivity index (χ0n) is 10.3. The highest BCUT2D eigenvalue weighted by Gasteiger charge is 1.99. The average molecular weight is 265 g/mol. The lowest BCUT2D eigenvalue weighted by atomic mass is 10.2. The van der Waals surface area contributed by atoms with E-state index in [4.69, 9.17) is 16.3 Å². The van der Waals surface area contributed by atoms with Gasteiger partial charge < -0.3 is 9.30 Å². The van der Waals surface area contributed by atoms with Crippen LogP contribution in [0.3, 0.4) is 0 Å². The fourth-order valence-corrected chi connectivity index (χ4v) is 1.98. The van der Waals surface area contributed by atoms with Gasteiger partial charge in [0.25, 0.3) is 0 Å². The average Bonchev–Trinajstić information content (AvgIpc) is 2.87. The molecule has 18 heavy (non-hydrogen) atoms. The molecule has 0 aliphatic heterocycles. The van der Waals surface area contributed by atoms with Crippen molar-refractivity contribution < 1.29 is 4.74 Å². The molecule has 0 saturated carbocycles. The zero-order chi connectivity index (χ0) is 12.6. The maximum atomic E-state index is 5.80. The van der Waals surface area contributed by atoms with Crippen LogP contribution < -0.4 is 0 Å². The topological polar surface area (TPSA) is 27.1 Å². The highest BCUT2D eigenvalue weighted by atomic mass is 35.5. The first kappa shape index (κ1) is 13.1. The van der Waals surface area contributed by atoms with Gasteiger partial charge in [-0.2, -0.15) is 0 Å². The highest BCUT2D eigenvalue weighted by molar-refractivity contribution is 6.16. The number of nitrogens with zero attached hydrogens (tertiary/aromatic N) is 2. The Labute approximate surface area is 112 Å². The molecule has 0 bridgehead atoms. The minimum atomic E-state index is 0.505. The van der Waals surface area contributed by atoms with Gasteiger partial charge in [0.15, 0.2) is 0 Å². The summed E-state index contributed by atoms with van der Waals surface area (Å²) in [6, 6.07) is 10.2. The predicted octanol–water partition coefficient (Wildman–Crippen LogP) is 3.23. The quantitative estimate of drug-likeness (QED) is 0.567. The maximum absolute atomic E-state index is 5.80. The first-order valence-electron chi connectivity index (χ1n) is 6.07. The zero-order valence-corrected chi connectivity index (χ0v) is 11.0. The third-order valence-corrected chi connectivity index (χ3v) is 3.01. The first-order valence-corrected chi connectivity index (χ1v) is 6.60. The Bertz CT molecular complexity index is 456. The van der Waals surface area contributed by atoms with Crippen molar-refractivity contribution in [3.05, 3.63) is 54.1 Å². The molecule has 2 rings (SSSR count). The van der Waals surface area contributed by atoms with Crippen LogP contribution in [-0.4, -0.2) is 16.2 Å². The van der Waals surface area contributed by atoms with Crippen molar-refractivity contribution in [2.75, 3.05) is 6.61 Å². The number of aryl methyl sites for hydroxylation is 1. The maximum Gasteiger partial charge on any atom is 0.0948 e. The van der Waals surface area contributed by atoms with E-state index in [0.29, 0.717) is 12.5 Å². The van der Waals surface area contributed by atoms with Crippen molar-refractivity contribution in [2.24, 2.45) is 0 Å². The first-order chi connectivity index (χ1) is 8.90. The minimum absolute atomic E-state index is 0.505. The van der Waals surface area contributed by atoms with Gasteiger partial charge in [-0.25, -0.2) is 4.98 Å². The fourth-order valence-electron chi connectivity index (χ4n) is 1.76. The molecule has 0 fully saturated rings. The third-order valence-electron chi connectivity index (χ3n) is 2.73. The van der Waals surface area contributed by atoms with E-state index in [1.165, 1.54) is 5.56 Å². The van der Waals surface area contributed by atoms with Gasteiger partial charge in [-0.15, -0.1) is 11.6 Å². The summed E-state index contributed by atoms with van der Waals surface area (Å²) in [5.41, 5.74) is 2.27. The summed E-state index contributed by atoms with van der Waals surface area (Å²) < 4.78 is 7.69. The van der Waals surface area contributed by atoms with Crippen LogP contribution in [0.15, 0.2) is 42.9 Å². The lowest BCUT2D eigenvalue weighted by Crippen LogP contribution is -2.04. The molecule has 0 aliphatic rings. The van der Waals surface area contributed by atoms with Gasteiger partial charge in [-0.1, -0.05) is 30.3 Å². The molecule has 0 radical (unpaired) electrons.